The largest absolute Gasteiger partial charge is 0.316 e. The van der Waals surface area contributed by atoms with Crippen molar-refractivity contribution in [3.63, 3.8) is 0 Å². The zero-order chi connectivity index (χ0) is 11.2. The summed E-state index contributed by atoms with van der Waals surface area (Å²) in [5.74, 6) is 1.58. The fourth-order valence-corrected chi connectivity index (χ4v) is 3.75. The second-order valence-electron chi connectivity index (χ2n) is 5.02. The van der Waals surface area contributed by atoms with Crippen LogP contribution in [0.5, 0.6) is 0 Å². The zero-order valence-corrected chi connectivity index (χ0v) is 10.3. The van der Waals surface area contributed by atoms with Crippen LogP contribution in [0.1, 0.15) is 12.0 Å². The standard InChI is InChI=1S/C14H14N2S/c1-2-17-14-9(1)3-13(8-16-14)10-4-11-6-15-7-12(11)5-10/h1-4,8,11-12,15H,5-7H2/t11-,12+/m0/s1. The minimum Gasteiger partial charge on any atom is -0.316 e. The summed E-state index contributed by atoms with van der Waals surface area (Å²) >= 11 is 1.71. The van der Waals surface area contributed by atoms with Crippen molar-refractivity contribution in [1.82, 2.24) is 10.3 Å². The molecule has 2 atom stereocenters. The average molecular weight is 242 g/mol. The van der Waals surface area contributed by atoms with E-state index in [1.165, 1.54) is 29.5 Å². The quantitative estimate of drug-likeness (QED) is 0.831. The van der Waals surface area contributed by atoms with E-state index in [9.17, 15) is 0 Å². The zero-order valence-electron chi connectivity index (χ0n) is 9.52. The first-order valence-corrected chi connectivity index (χ1v) is 7.03. The molecule has 86 valence electrons. The molecule has 2 nitrogen and oxygen atoms in total. The van der Waals surface area contributed by atoms with Crippen LogP contribution >= 0.6 is 11.3 Å². The fourth-order valence-electron chi connectivity index (χ4n) is 3.03. The highest BCUT2D eigenvalue weighted by Crippen LogP contribution is 2.38. The third kappa shape index (κ3) is 1.53. The second-order valence-corrected chi connectivity index (χ2v) is 5.91. The summed E-state index contributed by atoms with van der Waals surface area (Å²) in [5.41, 5.74) is 2.83. The van der Waals surface area contributed by atoms with Gasteiger partial charge in [-0.05, 0) is 53.5 Å². The first-order chi connectivity index (χ1) is 8.40. The Balaban J connectivity index is 1.74. The molecular formula is C14H14N2S. The molecule has 0 saturated carbocycles. The Morgan fingerprint density at radius 2 is 2.35 bits per heavy atom. The van der Waals surface area contributed by atoms with Crippen LogP contribution in [0.2, 0.25) is 0 Å². The van der Waals surface area contributed by atoms with Gasteiger partial charge >= 0.3 is 0 Å². The number of aromatic nitrogens is 1. The maximum atomic E-state index is 4.54. The van der Waals surface area contributed by atoms with Crippen LogP contribution in [0.4, 0.5) is 0 Å². The number of pyridine rings is 1. The van der Waals surface area contributed by atoms with E-state index in [1.54, 1.807) is 11.3 Å². The number of hydrogen-bond donors (Lipinski definition) is 1. The van der Waals surface area contributed by atoms with Crippen LogP contribution < -0.4 is 5.32 Å². The molecule has 1 fully saturated rings. The summed E-state index contributed by atoms with van der Waals surface area (Å²) in [4.78, 5) is 5.69. The second kappa shape index (κ2) is 3.65. The summed E-state index contributed by atoms with van der Waals surface area (Å²) in [5, 5.41) is 6.86. The van der Waals surface area contributed by atoms with E-state index in [1.807, 2.05) is 6.20 Å². The van der Waals surface area contributed by atoms with E-state index in [-0.39, 0.29) is 0 Å². The van der Waals surface area contributed by atoms with E-state index in [2.05, 4.69) is 33.9 Å². The Bertz CT molecular complexity index is 599. The number of allylic oxidation sites excluding steroid dienone is 1. The van der Waals surface area contributed by atoms with Gasteiger partial charge in [0.2, 0.25) is 0 Å². The molecule has 0 amide bonds. The van der Waals surface area contributed by atoms with Gasteiger partial charge in [-0.2, -0.15) is 0 Å². The van der Waals surface area contributed by atoms with Gasteiger partial charge < -0.3 is 5.32 Å². The molecule has 1 N–H and O–H groups in total. The van der Waals surface area contributed by atoms with Gasteiger partial charge in [0.25, 0.3) is 0 Å². The van der Waals surface area contributed by atoms with Gasteiger partial charge in [-0.1, -0.05) is 6.08 Å². The van der Waals surface area contributed by atoms with Gasteiger partial charge in [-0.3, -0.25) is 0 Å². The lowest BCUT2D eigenvalue weighted by atomic mass is 9.99. The first-order valence-electron chi connectivity index (χ1n) is 6.15. The fraction of sp³-hybridized carbons (Fsp3) is 0.357. The Hall–Kier alpha value is -1.19. The Morgan fingerprint density at radius 3 is 3.29 bits per heavy atom. The van der Waals surface area contributed by atoms with Crippen molar-refractivity contribution in [2.24, 2.45) is 11.8 Å². The molecule has 1 aliphatic carbocycles. The smallest absolute Gasteiger partial charge is 0.123 e. The minimum absolute atomic E-state index is 0.753. The summed E-state index contributed by atoms with van der Waals surface area (Å²) in [6.45, 7) is 2.33. The van der Waals surface area contributed by atoms with Crippen molar-refractivity contribution in [2.75, 3.05) is 13.1 Å². The molecule has 4 rings (SSSR count). The van der Waals surface area contributed by atoms with Crippen LogP contribution in [0, 0.1) is 11.8 Å². The maximum absolute atomic E-state index is 4.54. The molecule has 0 radical (unpaired) electrons. The molecule has 0 bridgehead atoms. The predicted octanol–water partition coefficient (Wildman–Crippen LogP) is 2.92. The summed E-state index contributed by atoms with van der Waals surface area (Å²) < 4.78 is 0. The molecule has 17 heavy (non-hydrogen) atoms. The molecule has 2 aromatic heterocycles. The molecule has 2 aromatic rings. The van der Waals surface area contributed by atoms with E-state index in [0.717, 1.165) is 23.2 Å². The van der Waals surface area contributed by atoms with E-state index < -0.39 is 0 Å². The average Bonchev–Trinajstić information content (AvgIpc) is 3.02. The molecule has 2 aliphatic rings. The lowest BCUT2D eigenvalue weighted by Gasteiger charge is -2.06. The normalized spacial score (nSPS) is 27.4. The van der Waals surface area contributed by atoms with E-state index in [0.29, 0.717) is 0 Å². The summed E-state index contributed by atoms with van der Waals surface area (Å²) in [6.07, 6.45) is 5.72. The van der Waals surface area contributed by atoms with Gasteiger partial charge in [0.1, 0.15) is 4.83 Å². The highest BCUT2D eigenvalue weighted by atomic mass is 32.1. The number of nitrogens with zero attached hydrogens (tertiary/aromatic N) is 1. The van der Waals surface area contributed by atoms with Crippen molar-refractivity contribution in [3.05, 3.63) is 35.3 Å². The van der Waals surface area contributed by atoms with Crippen LogP contribution in [0.25, 0.3) is 15.8 Å². The Labute approximate surface area is 104 Å². The molecule has 3 heteroatoms. The van der Waals surface area contributed by atoms with E-state index in [4.69, 9.17) is 0 Å². The SMILES string of the molecule is C1=C(c2cnc3sccc3c2)C[C@@H]2CNC[C@H]12. The molecule has 1 saturated heterocycles. The Kier molecular flexibility index (Phi) is 2.11. The van der Waals surface area contributed by atoms with Crippen LogP contribution in [-0.4, -0.2) is 18.1 Å². The minimum atomic E-state index is 0.753. The number of hydrogen-bond acceptors (Lipinski definition) is 3. The van der Waals surface area contributed by atoms with Gasteiger partial charge in [-0.15, -0.1) is 11.3 Å². The maximum Gasteiger partial charge on any atom is 0.123 e. The highest BCUT2D eigenvalue weighted by Gasteiger charge is 2.31. The summed E-state index contributed by atoms with van der Waals surface area (Å²) in [7, 11) is 0. The predicted molar refractivity (Wildman–Crippen MR) is 72.1 cm³/mol. The van der Waals surface area contributed by atoms with Gasteiger partial charge in [-0.25, -0.2) is 4.98 Å². The van der Waals surface area contributed by atoms with Crippen LogP contribution in [-0.2, 0) is 0 Å². The van der Waals surface area contributed by atoms with Crippen LogP contribution in [0.3, 0.4) is 0 Å². The summed E-state index contributed by atoms with van der Waals surface area (Å²) in [6, 6.07) is 4.45. The van der Waals surface area contributed by atoms with Gasteiger partial charge in [0, 0.05) is 18.1 Å². The molecule has 0 aromatic carbocycles. The van der Waals surface area contributed by atoms with Crippen LogP contribution in [0.15, 0.2) is 29.8 Å². The van der Waals surface area contributed by atoms with Crippen molar-refractivity contribution < 1.29 is 0 Å². The number of nitrogens with one attached hydrogen (secondary N) is 1. The van der Waals surface area contributed by atoms with Crippen molar-refractivity contribution in [2.45, 2.75) is 6.42 Å². The van der Waals surface area contributed by atoms with Crippen molar-refractivity contribution in [1.29, 1.82) is 0 Å². The third-order valence-corrected chi connectivity index (χ3v) is 4.80. The molecular weight excluding hydrogens is 228 g/mol. The van der Waals surface area contributed by atoms with Crippen molar-refractivity contribution >= 4 is 27.1 Å². The number of thiophene rings is 1. The van der Waals surface area contributed by atoms with Gasteiger partial charge in [0.05, 0.1) is 0 Å². The third-order valence-electron chi connectivity index (χ3n) is 3.97. The molecule has 0 unspecified atom stereocenters. The monoisotopic (exact) mass is 242 g/mol. The lowest BCUT2D eigenvalue weighted by molar-refractivity contribution is 0.536. The molecule has 1 aliphatic heterocycles. The number of fused-ring (bicyclic) bond motifs is 2. The lowest BCUT2D eigenvalue weighted by Crippen LogP contribution is -2.09. The topological polar surface area (TPSA) is 24.9 Å². The highest BCUT2D eigenvalue weighted by molar-refractivity contribution is 7.16. The van der Waals surface area contributed by atoms with E-state index >= 15 is 0 Å². The Morgan fingerprint density at radius 1 is 1.35 bits per heavy atom. The first kappa shape index (κ1) is 9.80. The number of rotatable bonds is 1. The molecule has 3 heterocycles. The van der Waals surface area contributed by atoms with Crippen molar-refractivity contribution in [3.8, 4) is 0 Å². The van der Waals surface area contributed by atoms with Gasteiger partial charge in [0.15, 0.2) is 0 Å². The molecule has 0 spiro atoms.